The number of amides is 1. The Morgan fingerprint density at radius 2 is 2.00 bits per heavy atom. The monoisotopic (exact) mass is 466 g/mol. The van der Waals surface area contributed by atoms with Gasteiger partial charge in [-0.25, -0.2) is 0 Å². The van der Waals surface area contributed by atoms with Gasteiger partial charge in [-0.05, 0) is 30.2 Å². The number of hydrogen-bond acceptors (Lipinski definition) is 5. The van der Waals surface area contributed by atoms with Gasteiger partial charge in [0.15, 0.2) is 5.60 Å². The molecule has 4 rings (SSSR count). The summed E-state index contributed by atoms with van der Waals surface area (Å²) in [5.41, 5.74) is 1.22. The van der Waals surface area contributed by atoms with Crippen molar-refractivity contribution in [1.29, 1.82) is 0 Å². The lowest BCUT2D eigenvalue weighted by Gasteiger charge is -2.27. The topological polar surface area (TPSA) is 91.5 Å². The number of aliphatic hydroxyl groups excluding tert-OH is 1. The number of carbonyl (C=O) groups excluding carboxylic acids is 1. The van der Waals surface area contributed by atoms with Crippen LogP contribution in [0, 0.1) is 5.92 Å². The molecule has 0 bridgehead atoms. The second-order valence-corrected chi connectivity index (χ2v) is 8.69. The average Bonchev–Trinajstić information content (AvgIpc) is 3.34. The second kappa shape index (κ2) is 9.87. The Bertz CT molecular complexity index is 1150. The summed E-state index contributed by atoms with van der Waals surface area (Å²) in [7, 11) is 0. The predicted octanol–water partition coefficient (Wildman–Crippen LogP) is 3.48. The number of aromatic nitrogens is 3. The van der Waals surface area contributed by atoms with E-state index in [1.54, 1.807) is 34.0 Å². The summed E-state index contributed by atoms with van der Waals surface area (Å²) >= 11 is 6.24. The Morgan fingerprint density at radius 1 is 1.21 bits per heavy atom. The van der Waals surface area contributed by atoms with Crippen molar-refractivity contribution >= 4 is 23.2 Å². The number of rotatable bonds is 9. The fourth-order valence-corrected chi connectivity index (χ4v) is 4.34. The number of nitrogens with zero attached hydrogens (tertiary/aromatic N) is 4. The highest BCUT2D eigenvalue weighted by Gasteiger charge is 2.52. The molecule has 0 radical (unpaired) electrons. The Labute approximate surface area is 197 Å². The van der Waals surface area contributed by atoms with Crippen molar-refractivity contribution in [3.63, 3.8) is 0 Å². The maximum absolute atomic E-state index is 13.5. The predicted molar refractivity (Wildman–Crippen MR) is 127 cm³/mol. The largest absolute Gasteiger partial charge is 0.396 e. The van der Waals surface area contributed by atoms with E-state index in [2.05, 4.69) is 10.3 Å². The fraction of sp³-hybridized carbons (Fsp3) is 0.320. The summed E-state index contributed by atoms with van der Waals surface area (Å²) in [4.78, 5) is 15.1. The number of halogens is 1. The van der Waals surface area contributed by atoms with Gasteiger partial charge >= 0.3 is 0 Å². The Kier molecular flexibility index (Phi) is 6.93. The highest BCUT2D eigenvalue weighted by atomic mass is 35.5. The molecule has 7 nitrogen and oxygen atoms in total. The maximum Gasteiger partial charge on any atom is 0.264 e. The molecular weight excluding hydrogens is 440 g/mol. The summed E-state index contributed by atoms with van der Waals surface area (Å²) < 4.78 is 1.71. The summed E-state index contributed by atoms with van der Waals surface area (Å²) in [6.45, 7) is 2.85. The zero-order valence-electron chi connectivity index (χ0n) is 18.4. The van der Waals surface area contributed by atoms with Crippen molar-refractivity contribution in [3.8, 4) is 0 Å². The molecule has 0 fully saturated rings. The van der Waals surface area contributed by atoms with Gasteiger partial charge in [0.25, 0.3) is 5.91 Å². The van der Waals surface area contributed by atoms with Crippen LogP contribution in [-0.4, -0.2) is 37.7 Å². The minimum Gasteiger partial charge on any atom is -0.396 e. The number of carbonyl (C=O) groups is 1. The van der Waals surface area contributed by atoms with Crippen molar-refractivity contribution in [3.05, 3.63) is 88.7 Å². The van der Waals surface area contributed by atoms with Gasteiger partial charge in [0.05, 0.1) is 17.9 Å². The van der Waals surface area contributed by atoms with E-state index in [1.165, 1.54) is 0 Å². The summed E-state index contributed by atoms with van der Waals surface area (Å²) in [6, 6.07) is 14.9. The lowest BCUT2D eigenvalue weighted by molar-refractivity contribution is -0.139. The average molecular weight is 467 g/mol. The zero-order chi connectivity index (χ0) is 23.4. The zero-order valence-corrected chi connectivity index (χ0v) is 19.2. The Morgan fingerprint density at radius 3 is 2.76 bits per heavy atom. The minimum absolute atomic E-state index is 0.0372. The number of anilines is 1. The van der Waals surface area contributed by atoms with E-state index < -0.39 is 11.5 Å². The van der Waals surface area contributed by atoms with E-state index in [4.69, 9.17) is 16.7 Å². The lowest BCUT2D eigenvalue weighted by atomic mass is 9.83. The van der Waals surface area contributed by atoms with E-state index in [-0.39, 0.29) is 12.5 Å². The van der Waals surface area contributed by atoms with Crippen LogP contribution in [0.25, 0.3) is 0 Å². The van der Waals surface area contributed by atoms with Crippen LogP contribution in [0.3, 0.4) is 0 Å². The van der Waals surface area contributed by atoms with Crippen molar-refractivity contribution in [2.24, 2.45) is 5.92 Å². The number of benzene rings is 2. The molecule has 0 saturated heterocycles. The molecule has 1 aromatic heterocycles. The van der Waals surface area contributed by atoms with E-state index in [9.17, 15) is 9.90 Å². The summed E-state index contributed by atoms with van der Waals surface area (Å²) in [5.74, 6) is -0.825. The molecule has 0 unspecified atom stereocenters. The number of aliphatic hydroxyl groups is 2. The molecule has 1 aliphatic heterocycles. The number of allylic oxidation sites excluding steroid dienone is 1. The van der Waals surface area contributed by atoms with Gasteiger partial charge in [-0.1, -0.05) is 66.2 Å². The van der Waals surface area contributed by atoms with Gasteiger partial charge in [0.2, 0.25) is 0 Å². The number of fused-ring (bicyclic) bond motifs is 1. The molecule has 172 valence electrons. The number of aryl methyl sites for hydroxylation is 1. The van der Waals surface area contributed by atoms with Crippen LogP contribution in [0.15, 0.2) is 66.9 Å². The van der Waals surface area contributed by atoms with Crippen LogP contribution in [0.4, 0.5) is 5.69 Å². The van der Waals surface area contributed by atoms with Gasteiger partial charge in [-0.2, -0.15) is 0 Å². The first kappa shape index (κ1) is 23.2. The van der Waals surface area contributed by atoms with Crippen LogP contribution in [-0.2, 0) is 29.9 Å². The molecule has 0 aliphatic carbocycles. The van der Waals surface area contributed by atoms with Gasteiger partial charge in [0.1, 0.15) is 0 Å². The molecule has 1 aliphatic rings. The maximum atomic E-state index is 13.5. The fourth-order valence-electron chi connectivity index (χ4n) is 4.17. The molecule has 0 spiro atoms. The van der Waals surface area contributed by atoms with Gasteiger partial charge < -0.3 is 15.1 Å². The van der Waals surface area contributed by atoms with Crippen molar-refractivity contribution in [1.82, 2.24) is 15.0 Å². The van der Waals surface area contributed by atoms with Crippen LogP contribution in [0.2, 0.25) is 5.02 Å². The Balaban J connectivity index is 1.52. The highest BCUT2D eigenvalue weighted by molar-refractivity contribution is 6.31. The van der Waals surface area contributed by atoms with Gasteiger partial charge in [-0.3, -0.25) is 9.48 Å². The molecular formula is C25H27ClN4O3. The quantitative estimate of drug-likeness (QED) is 0.471. The van der Waals surface area contributed by atoms with Crippen molar-refractivity contribution in [2.75, 3.05) is 11.5 Å². The second-order valence-electron chi connectivity index (χ2n) is 8.26. The third-order valence-corrected chi connectivity index (χ3v) is 6.21. The van der Waals surface area contributed by atoms with Crippen molar-refractivity contribution < 1.29 is 15.0 Å². The highest BCUT2D eigenvalue weighted by Crippen LogP contribution is 2.46. The summed E-state index contributed by atoms with van der Waals surface area (Å²) in [6.07, 6.45) is 6.74. The SMILES string of the molecule is C[C@H](/C=C/CCn1cc(CCO)nn1)[C@@]1(O)C(=O)N(Cc2ccccc2)c2ccc(Cl)cc21. The van der Waals surface area contributed by atoms with Gasteiger partial charge in [0, 0.05) is 42.3 Å². The molecule has 33 heavy (non-hydrogen) atoms. The molecule has 1 amide bonds. The lowest BCUT2D eigenvalue weighted by Crippen LogP contribution is -2.44. The van der Waals surface area contributed by atoms with Crippen LogP contribution >= 0.6 is 11.6 Å². The molecule has 2 aromatic carbocycles. The minimum atomic E-state index is -1.70. The molecule has 0 saturated carbocycles. The molecule has 2 N–H and O–H groups in total. The molecule has 2 atom stereocenters. The number of hydrogen-bond donors (Lipinski definition) is 2. The van der Waals surface area contributed by atoms with Crippen LogP contribution in [0.5, 0.6) is 0 Å². The van der Waals surface area contributed by atoms with E-state index in [1.807, 2.05) is 49.4 Å². The van der Waals surface area contributed by atoms with Gasteiger partial charge in [-0.15, -0.1) is 5.10 Å². The first-order chi connectivity index (χ1) is 15.9. The third-order valence-electron chi connectivity index (χ3n) is 5.98. The standard InChI is InChI=1S/C25H27ClN4O3/c1-18(7-5-6-13-29-17-21(12-14-31)27-28-29)25(33)22-15-20(26)10-11-23(22)30(24(25)32)16-19-8-3-2-4-9-19/h2-5,7-11,15,17-18,31,33H,6,12-14,16H2,1H3/b7-5+/t18-,25+/m1/s1. The molecule has 3 aromatic rings. The van der Waals surface area contributed by atoms with E-state index >= 15 is 0 Å². The van der Waals surface area contributed by atoms with Crippen LogP contribution in [0.1, 0.15) is 30.2 Å². The first-order valence-electron chi connectivity index (χ1n) is 11.0. The summed E-state index contributed by atoms with van der Waals surface area (Å²) in [5, 5.41) is 29.2. The molecule has 8 heteroatoms. The smallest absolute Gasteiger partial charge is 0.264 e. The van der Waals surface area contributed by atoms with Crippen LogP contribution < -0.4 is 4.90 Å². The Hall–Kier alpha value is -3.00. The van der Waals surface area contributed by atoms with Crippen molar-refractivity contribution in [2.45, 2.75) is 38.5 Å². The van der Waals surface area contributed by atoms with E-state index in [0.29, 0.717) is 42.2 Å². The first-order valence-corrected chi connectivity index (χ1v) is 11.4. The van der Waals surface area contributed by atoms with E-state index in [0.717, 1.165) is 11.3 Å². The normalized spacial score (nSPS) is 18.8. The molecule has 2 heterocycles. The third kappa shape index (κ3) is 4.71.